The van der Waals surface area contributed by atoms with Crippen LogP contribution in [0.3, 0.4) is 0 Å². The molecule has 1 saturated carbocycles. The van der Waals surface area contributed by atoms with E-state index in [-0.39, 0.29) is 0 Å². The molecule has 0 bridgehead atoms. The Bertz CT molecular complexity index is 454. The molecule has 1 N–H and O–H groups in total. The average molecular weight is 337 g/mol. The Balaban J connectivity index is 2.13. The zero-order valence-corrected chi connectivity index (χ0v) is 14.1. The van der Waals surface area contributed by atoms with E-state index in [4.69, 9.17) is 0 Å². The Hall–Kier alpha value is -0.800. The van der Waals surface area contributed by atoms with Gasteiger partial charge in [-0.15, -0.1) is 6.58 Å². The van der Waals surface area contributed by atoms with Crippen molar-refractivity contribution in [2.45, 2.75) is 45.2 Å². The third-order valence-corrected chi connectivity index (χ3v) is 4.43. The number of nitrogens with one attached hydrogen (secondary N) is 1. The molecular formula is C17H25BrN2. The predicted molar refractivity (Wildman–Crippen MR) is 91.4 cm³/mol. The molecule has 1 atom stereocenters. The van der Waals surface area contributed by atoms with E-state index in [2.05, 4.69) is 64.8 Å². The molecule has 0 aromatic heterocycles. The zero-order chi connectivity index (χ0) is 14.5. The van der Waals surface area contributed by atoms with Crippen molar-refractivity contribution in [1.82, 2.24) is 5.32 Å². The van der Waals surface area contributed by atoms with Crippen LogP contribution in [0.15, 0.2) is 35.3 Å². The van der Waals surface area contributed by atoms with Gasteiger partial charge >= 0.3 is 0 Å². The fourth-order valence-corrected chi connectivity index (χ4v) is 3.10. The number of benzene rings is 1. The summed E-state index contributed by atoms with van der Waals surface area (Å²) in [6.45, 7) is 10.3. The Morgan fingerprint density at radius 3 is 2.80 bits per heavy atom. The highest BCUT2D eigenvalue weighted by Crippen LogP contribution is 2.36. The van der Waals surface area contributed by atoms with Crippen molar-refractivity contribution >= 4 is 21.6 Å². The number of nitrogens with zero attached hydrogens (tertiary/aromatic N) is 1. The summed E-state index contributed by atoms with van der Waals surface area (Å²) < 4.78 is 1.19. The van der Waals surface area contributed by atoms with Gasteiger partial charge in [0, 0.05) is 23.1 Å². The minimum atomic E-state index is 0.397. The third-order valence-electron chi connectivity index (χ3n) is 3.80. The molecule has 0 spiro atoms. The lowest BCUT2D eigenvalue weighted by Gasteiger charge is -2.25. The van der Waals surface area contributed by atoms with E-state index in [1.807, 2.05) is 6.08 Å². The zero-order valence-electron chi connectivity index (χ0n) is 12.5. The van der Waals surface area contributed by atoms with Crippen LogP contribution in [0.4, 0.5) is 5.69 Å². The topological polar surface area (TPSA) is 15.3 Å². The molecule has 3 heteroatoms. The lowest BCUT2D eigenvalue weighted by atomic mass is 10.1. The molecular weight excluding hydrogens is 312 g/mol. The van der Waals surface area contributed by atoms with Crippen molar-refractivity contribution in [1.29, 1.82) is 0 Å². The third kappa shape index (κ3) is 3.86. The molecule has 2 nitrogen and oxygen atoms in total. The highest BCUT2D eigenvalue weighted by atomic mass is 79.9. The summed E-state index contributed by atoms with van der Waals surface area (Å²) in [5.74, 6) is 0. The second-order valence-electron chi connectivity index (χ2n) is 5.56. The van der Waals surface area contributed by atoms with Crippen LogP contribution in [0.25, 0.3) is 0 Å². The van der Waals surface area contributed by atoms with Crippen molar-refractivity contribution in [2.75, 3.05) is 18.0 Å². The number of anilines is 1. The van der Waals surface area contributed by atoms with Gasteiger partial charge in [-0.25, -0.2) is 0 Å². The van der Waals surface area contributed by atoms with Crippen LogP contribution in [0.5, 0.6) is 0 Å². The van der Waals surface area contributed by atoms with Crippen LogP contribution in [0.1, 0.15) is 44.7 Å². The molecule has 0 saturated heterocycles. The summed E-state index contributed by atoms with van der Waals surface area (Å²) in [7, 11) is 0. The summed E-state index contributed by atoms with van der Waals surface area (Å²) in [6, 6.07) is 7.83. The fourth-order valence-electron chi connectivity index (χ4n) is 2.47. The maximum Gasteiger partial charge on any atom is 0.0516 e. The van der Waals surface area contributed by atoms with Gasteiger partial charge < -0.3 is 10.2 Å². The normalized spacial score (nSPS) is 15.9. The van der Waals surface area contributed by atoms with Crippen molar-refractivity contribution in [3.8, 4) is 0 Å². The van der Waals surface area contributed by atoms with Crippen LogP contribution in [0, 0.1) is 0 Å². The summed E-state index contributed by atoms with van der Waals surface area (Å²) in [5, 5.41) is 3.53. The van der Waals surface area contributed by atoms with E-state index in [9.17, 15) is 0 Å². The fraction of sp³-hybridized carbons (Fsp3) is 0.529. The van der Waals surface area contributed by atoms with Gasteiger partial charge in [0.15, 0.2) is 0 Å². The molecule has 1 aliphatic carbocycles. The molecule has 20 heavy (non-hydrogen) atoms. The maximum atomic E-state index is 3.88. The second-order valence-corrected chi connectivity index (χ2v) is 6.41. The summed E-state index contributed by atoms with van der Waals surface area (Å²) in [5.41, 5.74) is 2.63. The highest BCUT2D eigenvalue weighted by molar-refractivity contribution is 9.10. The lowest BCUT2D eigenvalue weighted by Crippen LogP contribution is -2.26. The van der Waals surface area contributed by atoms with E-state index in [1.54, 1.807) is 0 Å². The summed E-state index contributed by atoms with van der Waals surface area (Å²) >= 11 is 3.75. The maximum absolute atomic E-state index is 3.88. The summed E-state index contributed by atoms with van der Waals surface area (Å²) in [6.07, 6.45) is 5.76. The molecule has 1 unspecified atom stereocenters. The van der Waals surface area contributed by atoms with Gasteiger partial charge in [0.25, 0.3) is 0 Å². The van der Waals surface area contributed by atoms with Gasteiger partial charge in [0.1, 0.15) is 0 Å². The van der Waals surface area contributed by atoms with Crippen LogP contribution in [0.2, 0.25) is 0 Å². The predicted octanol–water partition coefficient (Wildman–Crippen LogP) is 4.66. The molecule has 0 amide bonds. The van der Waals surface area contributed by atoms with Crippen molar-refractivity contribution in [3.05, 3.63) is 40.9 Å². The number of hydrogen-bond acceptors (Lipinski definition) is 2. The van der Waals surface area contributed by atoms with Gasteiger partial charge in [-0.05, 0) is 66.4 Å². The number of halogens is 1. The SMILES string of the molecule is C=CCN(c1ccc(C(C)NCCC)cc1Br)C1CC1. The van der Waals surface area contributed by atoms with E-state index >= 15 is 0 Å². The Morgan fingerprint density at radius 1 is 1.50 bits per heavy atom. The first-order chi connectivity index (χ1) is 9.67. The van der Waals surface area contributed by atoms with Crippen LogP contribution in [-0.4, -0.2) is 19.1 Å². The lowest BCUT2D eigenvalue weighted by molar-refractivity contribution is 0.570. The molecule has 110 valence electrons. The Kier molecular flexibility index (Phi) is 5.67. The largest absolute Gasteiger partial charge is 0.364 e. The minimum absolute atomic E-state index is 0.397. The van der Waals surface area contributed by atoms with Gasteiger partial charge in [-0.2, -0.15) is 0 Å². The van der Waals surface area contributed by atoms with Crippen LogP contribution < -0.4 is 10.2 Å². The van der Waals surface area contributed by atoms with E-state index in [1.165, 1.54) is 35.0 Å². The summed E-state index contributed by atoms with van der Waals surface area (Å²) in [4.78, 5) is 2.45. The number of hydrogen-bond donors (Lipinski definition) is 1. The molecule has 0 radical (unpaired) electrons. The van der Waals surface area contributed by atoms with Crippen LogP contribution in [-0.2, 0) is 0 Å². The first-order valence-electron chi connectivity index (χ1n) is 7.57. The van der Waals surface area contributed by atoms with E-state index in [0.29, 0.717) is 12.1 Å². The average Bonchev–Trinajstić information content (AvgIpc) is 3.27. The Morgan fingerprint density at radius 2 is 2.25 bits per heavy atom. The van der Waals surface area contributed by atoms with Crippen molar-refractivity contribution < 1.29 is 0 Å². The molecule has 1 aliphatic rings. The molecule has 0 aliphatic heterocycles. The molecule has 2 rings (SSSR count). The smallest absolute Gasteiger partial charge is 0.0516 e. The van der Waals surface area contributed by atoms with Crippen molar-refractivity contribution in [3.63, 3.8) is 0 Å². The Labute approximate surface area is 131 Å². The van der Waals surface area contributed by atoms with Gasteiger partial charge in [-0.1, -0.05) is 19.1 Å². The van der Waals surface area contributed by atoms with Gasteiger partial charge in [0.2, 0.25) is 0 Å². The molecule has 1 aromatic carbocycles. The molecule has 1 aromatic rings. The van der Waals surface area contributed by atoms with Crippen molar-refractivity contribution in [2.24, 2.45) is 0 Å². The van der Waals surface area contributed by atoms with E-state index < -0.39 is 0 Å². The van der Waals surface area contributed by atoms with Gasteiger partial charge in [0.05, 0.1) is 5.69 Å². The van der Waals surface area contributed by atoms with Crippen LogP contribution >= 0.6 is 15.9 Å². The second kappa shape index (κ2) is 7.28. The first kappa shape index (κ1) is 15.6. The first-order valence-corrected chi connectivity index (χ1v) is 8.37. The number of rotatable bonds is 8. The molecule has 0 heterocycles. The van der Waals surface area contributed by atoms with Gasteiger partial charge in [-0.3, -0.25) is 0 Å². The minimum Gasteiger partial charge on any atom is -0.364 e. The monoisotopic (exact) mass is 336 g/mol. The quantitative estimate of drug-likeness (QED) is 0.694. The van der Waals surface area contributed by atoms with E-state index in [0.717, 1.165) is 13.1 Å². The molecule has 1 fully saturated rings. The highest BCUT2D eigenvalue weighted by Gasteiger charge is 2.29. The standard InChI is InChI=1S/C17H25BrN2/c1-4-10-19-13(3)14-6-9-17(16(18)12-14)20(11-5-2)15-7-8-15/h5-6,9,12-13,15,19H,2,4,7-8,10-11H2,1,3H3.